The molecule has 2 nitrogen and oxygen atoms in total. The Hall–Kier alpha value is -1.16. The summed E-state index contributed by atoms with van der Waals surface area (Å²) in [6.45, 7) is 2.15. The first kappa shape index (κ1) is 13.8. The van der Waals surface area contributed by atoms with Crippen molar-refractivity contribution in [2.24, 2.45) is 5.84 Å². The third-order valence-corrected chi connectivity index (χ3v) is 5.52. The van der Waals surface area contributed by atoms with E-state index in [1.807, 2.05) is 11.3 Å². The average Bonchev–Trinajstić information content (AvgIpc) is 2.72. The SMILES string of the molecule is Cc1ccccc1C(NN)c1cc2c(s1)CCCCC2. The number of thiophene rings is 1. The van der Waals surface area contributed by atoms with Crippen LogP contribution in [0.1, 0.15) is 51.7 Å². The molecule has 1 unspecified atom stereocenters. The fraction of sp³-hybridized carbons (Fsp3) is 0.412. The molecule has 0 radical (unpaired) electrons. The lowest BCUT2D eigenvalue weighted by molar-refractivity contribution is 0.642. The van der Waals surface area contributed by atoms with Crippen LogP contribution in [0.4, 0.5) is 0 Å². The number of fused-ring (bicyclic) bond motifs is 1. The predicted molar refractivity (Wildman–Crippen MR) is 85.9 cm³/mol. The van der Waals surface area contributed by atoms with Crippen LogP contribution >= 0.6 is 11.3 Å². The first-order valence-corrected chi connectivity index (χ1v) is 8.24. The number of hydrogen-bond donors (Lipinski definition) is 2. The molecule has 20 heavy (non-hydrogen) atoms. The molecule has 106 valence electrons. The van der Waals surface area contributed by atoms with Gasteiger partial charge < -0.3 is 0 Å². The summed E-state index contributed by atoms with van der Waals surface area (Å²) in [5.74, 6) is 5.85. The van der Waals surface area contributed by atoms with Gasteiger partial charge >= 0.3 is 0 Å². The fourth-order valence-electron chi connectivity index (χ4n) is 3.07. The molecule has 1 heterocycles. The van der Waals surface area contributed by atoms with Gasteiger partial charge in [0, 0.05) is 9.75 Å². The maximum Gasteiger partial charge on any atom is 0.0805 e. The van der Waals surface area contributed by atoms with E-state index in [0.29, 0.717) is 0 Å². The second kappa shape index (κ2) is 6.08. The van der Waals surface area contributed by atoms with Crippen LogP contribution in [-0.2, 0) is 12.8 Å². The molecule has 1 atom stereocenters. The van der Waals surface area contributed by atoms with Crippen LogP contribution in [0.15, 0.2) is 30.3 Å². The highest BCUT2D eigenvalue weighted by molar-refractivity contribution is 7.12. The molecule has 0 bridgehead atoms. The maximum absolute atomic E-state index is 5.85. The van der Waals surface area contributed by atoms with Crippen molar-refractivity contribution >= 4 is 11.3 Å². The van der Waals surface area contributed by atoms with Gasteiger partial charge in [-0.3, -0.25) is 5.84 Å². The van der Waals surface area contributed by atoms with Gasteiger partial charge in [0.1, 0.15) is 0 Å². The Morgan fingerprint density at radius 3 is 2.75 bits per heavy atom. The summed E-state index contributed by atoms with van der Waals surface area (Å²) in [6.07, 6.45) is 6.50. The molecule has 1 aromatic carbocycles. The molecule has 1 aromatic heterocycles. The van der Waals surface area contributed by atoms with E-state index in [1.54, 1.807) is 10.4 Å². The lowest BCUT2D eigenvalue weighted by atomic mass is 10.00. The highest BCUT2D eigenvalue weighted by Crippen LogP contribution is 2.35. The second-order valence-corrected chi connectivity index (χ2v) is 6.78. The average molecular weight is 286 g/mol. The van der Waals surface area contributed by atoms with Gasteiger partial charge in [0.2, 0.25) is 0 Å². The van der Waals surface area contributed by atoms with Crippen LogP contribution in [-0.4, -0.2) is 0 Å². The molecule has 1 aliphatic rings. The minimum Gasteiger partial charge on any atom is -0.271 e. The van der Waals surface area contributed by atoms with E-state index in [1.165, 1.54) is 48.1 Å². The molecule has 3 heteroatoms. The third-order valence-electron chi connectivity index (χ3n) is 4.22. The molecule has 0 saturated carbocycles. The number of aryl methyl sites for hydroxylation is 3. The Morgan fingerprint density at radius 1 is 1.15 bits per heavy atom. The zero-order valence-electron chi connectivity index (χ0n) is 12.0. The lowest BCUT2D eigenvalue weighted by Gasteiger charge is -2.17. The standard InChI is InChI=1S/C17H22N2S/c1-12-7-5-6-9-14(12)17(19-18)16-11-13-8-3-2-4-10-15(13)20-16/h5-7,9,11,17,19H,2-4,8,10,18H2,1H3. The Bertz CT molecular complexity index is 565. The van der Waals surface area contributed by atoms with Gasteiger partial charge in [0.05, 0.1) is 6.04 Å². The normalized spacial score (nSPS) is 16.5. The van der Waals surface area contributed by atoms with Crippen LogP contribution < -0.4 is 11.3 Å². The van der Waals surface area contributed by atoms with Crippen LogP contribution in [0.2, 0.25) is 0 Å². The van der Waals surface area contributed by atoms with Crippen molar-refractivity contribution in [1.29, 1.82) is 0 Å². The van der Waals surface area contributed by atoms with Gasteiger partial charge in [-0.15, -0.1) is 11.3 Å². The maximum atomic E-state index is 5.85. The molecule has 3 N–H and O–H groups in total. The van der Waals surface area contributed by atoms with Gasteiger partial charge in [0.15, 0.2) is 0 Å². The second-order valence-electron chi connectivity index (χ2n) is 5.61. The third kappa shape index (κ3) is 2.66. The van der Waals surface area contributed by atoms with Crippen molar-refractivity contribution < 1.29 is 0 Å². The first-order valence-electron chi connectivity index (χ1n) is 7.42. The van der Waals surface area contributed by atoms with Gasteiger partial charge in [-0.05, 0) is 55.4 Å². The Kier molecular flexibility index (Phi) is 4.20. The highest BCUT2D eigenvalue weighted by Gasteiger charge is 2.20. The molecule has 0 amide bonds. The molecule has 2 aromatic rings. The van der Waals surface area contributed by atoms with Crippen LogP contribution in [0.3, 0.4) is 0 Å². The van der Waals surface area contributed by atoms with Crippen LogP contribution in [0.25, 0.3) is 0 Å². The summed E-state index contributed by atoms with van der Waals surface area (Å²) in [7, 11) is 0. The number of hydrogen-bond acceptors (Lipinski definition) is 3. The van der Waals surface area contributed by atoms with Gasteiger partial charge in [-0.25, -0.2) is 5.43 Å². The summed E-state index contributed by atoms with van der Waals surface area (Å²) in [4.78, 5) is 2.93. The fourth-order valence-corrected chi connectivity index (χ4v) is 4.41. The Balaban J connectivity index is 1.96. The van der Waals surface area contributed by atoms with Crippen molar-refractivity contribution in [2.45, 2.75) is 45.1 Å². The molecule has 0 spiro atoms. The van der Waals surface area contributed by atoms with Crippen molar-refractivity contribution in [1.82, 2.24) is 5.43 Å². The van der Waals surface area contributed by atoms with Crippen molar-refractivity contribution in [3.05, 3.63) is 56.8 Å². The summed E-state index contributed by atoms with van der Waals surface area (Å²) in [6, 6.07) is 11.0. The molecule has 1 aliphatic carbocycles. The monoisotopic (exact) mass is 286 g/mol. The smallest absolute Gasteiger partial charge is 0.0805 e. The van der Waals surface area contributed by atoms with Crippen molar-refractivity contribution in [3.8, 4) is 0 Å². The molecule has 0 aliphatic heterocycles. The van der Waals surface area contributed by atoms with Gasteiger partial charge in [-0.2, -0.15) is 0 Å². The molecular weight excluding hydrogens is 264 g/mol. The number of nitrogens with one attached hydrogen (secondary N) is 1. The number of nitrogens with two attached hydrogens (primary N) is 1. The van der Waals surface area contributed by atoms with E-state index in [2.05, 4.69) is 42.7 Å². The number of rotatable bonds is 3. The Labute approximate surface area is 125 Å². The van der Waals surface area contributed by atoms with E-state index in [-0.39, 0.29) is 6.04 Å². The molecular formula is C17H22N2S. The summed E-state index contributed by atoms with van der Waals surface area (Å²) in [5.41, 5.74) is 7.14. The first-order chi connectivity index (χ1) is 9.79. The molecule has 0 fully saturated rings. The van der Waals surface area contributed by atoms with Crippen molar-refractivity contribution in [2.75, 3.05) is 0 Å². The van der Waals surface area contributed by atoms with E-state index < -0.39 is 0 Å². The minimum atomic E-state index is 0.119. The topological polar surface area (TPSA) is 38.0 Å². The van der Waals surface area contributed by atoms with E-state index in [0.717, 1.165) is 0 Å². The van der Waals surface area contributed by atoms with Gasteiger partial charge in [0.25, 0.3) is 0 Å². The quantitative estimate of drug-likeness (QED) is 0.510. The summed E-state index contributed by atoms with van der Waals surface area (Å²) >= 11 is 1.94. The van der Waals surface area contributed by atoms with Gasteiger partial charge in [-0.1, -0.05) is 30.7 Å². The number of hydrazine groups is 1. The van der Waals surface area contributed by atoms with Crippen LogP contribution in [0.5, 0.6) is 0 Å². The zero-order chi connectivity index (χ0) is 13.9. The van der Waals surface area contributed by atoms with Crippen molar-refractivity contribution in [3.63, 3.8) is 0 Å². The highest BCUT2D eigenvalue weighted by atomic mass is 32.1. The largest absolute Gasteiger partial charge is 0.271 e. The van der Waals surface area contributed by atoms with E-state index in [9.17, 15) is 0 Å². The summed E-state index contributed by atoms with van der Waals surface area (Å²) < 4.78 is 0. The van der Waals surface area contributed by atoms with E-state index in [4.69, 9.17) is 5.84 Å². The lowest BCUT2D eigenvalue weighted by Crippen LogP contribution is -2.28. The zero-order valence-corrected chi connectivity index (χ0v) is 12.8. The summed E-state index contributed by atoms with van der Waals surface area (Å²) in [5, 5.41) is 0. The van der Waals surface area contributed by atoms with E-state index >= 15 is 0 Å². The van der Waals surface area contributed by atoms with Crippen LogP contribution in [0, 0.1) is 6.92 Å². The Morgan fingerprint density at radius 2 is 1.95 bits per heavy atom. The molecule has 3 rings (SSSR count). The number of benzene rings is 1. The minimum absolute atomic E-state index is 0.119. The predicted octanol–water partition coefficient (Wildman–Crippen LogP) is 3.88. The molecule has 0 saturated heterocycles.